The Balaban J connectivity index is 1.53. The molecule has 0 aromatic heterocycles. The highest BCUT2D eigenvalue weighted by Gasteiger charge is 2.62. The first-order chi connectivity index (χ1) is 8.58. The monoisotopic (exact) mass is 254 g/mol. The smallest absolute Gasteiger partial charge is 0.312 e. The van der Waals surface area contributed by atoms with Crippen molar-refractivity contribution in [3.8, 4) is 0 Å². The Labute approximate surface area is 106 Å². The van der Waals surface area contributed by atoms with Gasteiger partial charge in [0.15, 0.2) is 0 Å². The fourth-order valence-corrected chi connectivity index (χ4v) is 3.19. The van der Waals surface area contributed by atoms with Gasteiger partial charge in [0, 0.05) is 5.92 Å². The van der Waals surface area contributed by atoms with Crippen LogP contribution in [0.15, 0.2) is 0 Å². The second-order valence-electron chi connectivity index (χ2n) is 5.66. The molecule has 2 bridgehead atoms. The minimum absolute atomic E-state index is 0.0468. The third-order valence-corrected chi connectivity index (χ3v) is 4.16. The molecule has 0 amide bonds. The topological polar surface area (TPSA) is 61.8 Å². The van der Waals surface area contributed by atoms with Gasteiger partial charge in [0.25, 0.3) is 0 Å². The van der Waals surface area contributed by atoms with Crippen molar-refractivity contribution in [2.75, 3.05) is 6.61 Å². The van der Waals surface area contributed by atoms with E-state index in [0.717, 1.165) is 6.42 Å². The summed E-state index contributed by atoms with van der Waals surface area (Å²) in [6.45, 7) is 4.01. The van der Waals surface area contributed by atoms with E-state index in [1.54, 1.807) is 0 Å². The zero-order valence-electron chi connectivity index (χ0n) is 10.6. The molecule has 0 aliphatic carbocycles. The SMILES string of the molecule is CC(C)C(=O)OCCC1C2CC3C(=O)OC1C3O2. The molecule has 5 atom stereocenters. The molecule has 0 N–H and O–H groups in total. The van der Waals surface area contributed by atoms with Crippen molar-refractivity contribution in [1.29, 1.82) is 0 Å². The summed E-state index contributed by atoms with van der Waals surface area (Å²) < 4.78 is 16.3. The van der Waals surface area contributed by atoms with Crippen LogP contribution in [0.5, 0.6) is 0 Å². The number of hydrogen-bond acceptors (Lipinski definition) is 5. The largest absolute Gasteiger partial charge is 0.465 e. The van der Waals surface area contributed by atoms with Gasteiger partial charge in [-0.15, -0.1) is 0 Å². The van der Waals surface area contributed by atoms with Gasteiger partial charge in [-0.1, -0.05) is 13.8 Å². The Morgan fingerprint density at radius 3 is 2.94 bits per heavy atom. The van der Waals surface area contributed by atoms with Gasteiger partial charge >= 0.3 is 11.9 Å². The molecule has 0 saturated carbocycles. The molecule has 3 aliphatic heterocycles. The molecule has 100 valence electrons. The zero-order valence-corrected chi connectivity index (χ0v) is 10.6. The van der Waals surface area contributed by atoms with E-state index in [-0.39, 0.29) is 48.0 Å². The molecule has 3 heterocycles. The van der Waals surface area contributed by atoms with E-state index in [4.69, 9.17) is 14.2 Å². The normalized spacial score (nSPS) is 40.4. The van der Waals surface area contributed by atoms with E-state index in [9.17, 15) is 9.59 Å². The predicted octanol–water partition coefficient (Wildman–Crippen LogP) is 0.905. The van der Waals surface area contributed by atoms with Crippen molar-refractivity contribution in [2.45, 2.75) is 45.0 Å². The lowest BCUT2D eigenvalue weighted by Crippen LogP contribution is -2.33. The van der Waals surface area contributed by atoms with Crippen molar-refractivity contribution in [3.05, 3.63) is 0 Å². The zero-order chi connectivity index (χ0) is 12.9. The van der Waals surface area contributed by atoms with Gasteiger partial charge in [-0.2, -0.15) is 0 Å². The molecule has 0 spiro atoms. The maximum absolute atomic E-state index is 11.5. The van der Waals surface area contributed by atoms with Gasteiger partial charge in [-0.25, -0.2) is 0 Å². The quantitative estimate of drug-likeness (QED) is 0.698. The fourth-order valence-electron chi connectivity index (χ4n) is 3.19. The lowest BCUT2D eigenvalue weighted by atomic mass is 9.81. The van der Waals surface area contributed by atoms with E-state index in [2.05, 4.69) is 0 Å². The minimum Gasteiger partial charge on any atom is -0.465 e. The number of ether oxygens (including phenoxy) is 3. The third-order valence-electron chi connectivity index (χ3n) is 4.16. The summed E-state index contributed by atoms with van der Waals surface area (Å²) in [6, 6.07) is 0. The Bertz CT molecular complexity index is 378. The van der Waals surface area contributed by atoms with Crippen LogP contribution in [0.1, 0.15) is 26.7 Å². The molecule has 5 heteroatoms. The molecule has 18 heavy (non-hydrogen) atoms. The molecule has 0 radical (unpaired) electrons. The molecule has 3 aliphatic rings. The standard InChI is InChI=1S/C13H18O5/c1-6(2)12(14)16-4-3-7-9-5-8-11(17-9)10(7)18-13(8)15/h6-11H,3-5H2,1-2H3. The van der Waals surface area contributed by atoms with Gasteiger partial charge in [0.1, 0.15) is 12.2 Å². The van der Waals surface area contributed by atoms with E-state index in [1.807, 2.05) is 13.8 Å². The second-order valence-corrected chi connectivity index (χ2v) is 5.66. The maximum atomic E-state index is 11.5. The van der Waals surface area contributed by atoms with Gasteiger partial charge in [0.05, 0.1) is 24.5 Å². The highest BCUT2D eigenvalue weighted by atomic mass is 16.6. The molecular weight excluding hydrogens is 236 g/mol. The average Bonchev–Trinajstić information content (AvgIpc) is 2.92. The van der Waals surface area contributed by atoms with Crippen LogP contribution in [-0.4, -0.2) is 36.9 Å². The fraction of sp³-hybridized carbons (Fsp3) is 0.846. The summed E-state index contributed by atoms with van der Waals surface area (Å²) >= 11 is 0. The first-order valence-electron chi connectivity index (χ1n) is 6.60. The van der Waals surface area contributed by atoms with E-state index >= 15 is 0 Å². The Kier molecular flexibility index (Phi) is 2.81. The molecule has 3 saturated heterocycles. The van der Waals surface area contributed by atoms with E-state index < -0.39 is 0 Å². The molecule has 0 aromatic rings. The molecule has 5 unspecified atom stereocenters. The molecular formula is C13H18O5. The van der Waals surface area contributed by atoms with Crippen molar-refractivity contribution >= 4 is 11.9 Å². The van der Waals surface area contributed by atoms with Crippen LogP contribution in [0.4, 0.5) is 0 Å². The van der Waals surface area contributed by atoms with E-state index in [1.165, 1.54) is 0 Å². The summed E-state index contributed by atoms with van der Waals surface area (Å²) in [7, 11) is 0. The van der Waals surface area contributed by atoms with Crippen LogP contribution < -0.4 is 0 Å². The molecule has 3 fully saturated rings. The van der Waals surface area contributed by atoms with Crippen LogP contribution in [0.3, 0.4) is 0 Å². The van der Waals surface area contributed by atoms with Crippen LogP contribution in [0.2, 0.25) is 0 Å². The lowest BCUT2D eigenvalue weighted by molar-refractivity contribution is -0.149. The minimum atomic E-state index is -0.180. The molecule has 3 rings (SSSR count). The number of fused-ring (bicyclic) bond motifs is 1. The van der Waals surface area contributed by atoms with Crippen LogP contribution in [0.25, 0.3) is 0 Å². The second kappa shape index (κ2) is 4.23. The summed E-state index contributed by atoms with van der Waals surface area (Å²) in [5, 5.41) is 0. The maximum Gasteiger partial charge on any atom is 0.312 e. The number of carbonyl (C=O) groups excluding carboxylic acids is 2. The Morgan fingerprint density at radius 1 is 1.44 bits per heavy atom. The lowest BCUT2D eigenvalue weighted by Gasteiger charge is -2.21. The van der Waals surface area contributed by atoms with Crippen molar-refractivity contribution in [2.24, 2.45) is 17.8 Å². The Morgan fingerprint density at radius 2 is 2.22 bits per heavy atom. The van der Waals surface area contributed by atoms with Crippen molar-refractivity contribution < 1.29 is 23.8 Å². The number of esters is 2. The average molecular weight is 254 g/mol. The first-order valence-corrected chi connectivity index (χ1v) is 6.60. The highest BCUT2D eigenvalue weighted by molar-refractivity contribution is 5.77. The summed E-state index contributed by atoms with van der Waals surface area (Å²) in [5.41, 5.74) is 0. The number of rotatable bonds is 4. The first kappa shape index (κ1) is 12.0. The molecule has 5 nitrogen and oxygen atoms in total. The summed E-state index contributed by atoms with van der Waals surface area (Å²) in [4.78, 5) is 22.9. The van der Waals surface area contributed by atoms with Crippen LogP contribution in [0, 0.1) is 17.8 Å². The van der Waals surface area contributed by atoms with Gasteiger partial charge < -0.3 is 14.2 Å². The van der Waals surface area contributed by atoms with Gasteiger partial charge in [0.2, 0.25) is 0 Å². The van der Waals surface area contributed by atoms with Gasteiger partial charge in [-0.05, 0) is 12.8 Å². The number of carbonyl (C=O) groups is 2. The predicted molar refractivity (Wildman–Crippen MR) is 60.6 cm³/mol. The Hall–Kier alpha value is -1.10. The summed E-state index contributed by atoms with van der Waals surface area (Å²) in [5.74, 6) is -0.253. The number of hydrogen-bond donors (Lipinski definition) is 0. The van der Waals surface area contributed by atoms with Crippen LogP contribution >= 0.6 is 0 Å². The van der Waals surface area contributed by atoms with Crippen molar-refractivity contribution in [3.63, 3.8) is 0 Å². The third kappa shape index (κ3) is 1.72. The van der Waals surface area contributed by atoms with Crippen LogP contribution in [-0.2, 0) is 23.8 Å². The van der Waals surface area contributed by atoms with E-state index in [0.29, 0.717) is 13.0 Å². The molecule has 0 aromatic carbocycles. The summed E-state index contributed by atoms with van der Waals surface area (Å²) in [6.07, 6.45) is 1.43. The van der Waals surface area contributed by atoms with Crippen molar-refractivity contribution in [1.82, 2.24) is 0 Å². The van der Waals surface area contributed by atoms with Gasteiger partial charge in [-0.3, -0.25) is 9.59 Å². The highest BCUT2D eigenvalue weighted by Crippen LogP contribution is 2.50.